The van der Waals surface area contributed by atoms with Crippen LogP contribution in [0.4, 0.5) is 13.2 Å². The Kier molecular flexibility index (Phi) is 5.31. The van der Waals surface area contributed by atoms with Gasteiger partial charge in [-0.2, -0.15) is 0 Å². The Balaban J connectivity index is 1.73. The van der Waals surface area contributed by atoms with Crippen molar-refractivity contribution < 1.29 is 17.9 Å². The van der Waals surface area contributed by atoms with Crippen molar-refractivity contribution in [3.8, 4) is 16.9 Å². The summed E-state index contributed by atoms with van der Waals surface area (Å²) < 4.78 is 46.7. The third kappa shape index (κ3) is 3.74. The number of benzene rings is 3. The lowest BCUT2D eigenvalue weighted by molar-refractivity contribution is 0.411. The summed E-state index contributed by atoms with van der Waals surface area (Å²) in [7, 11) is 1.49. The summed E-state index contributed by atoms with van der Waals surface area (Å²) in [6, 6.07) is 15.3. The Hall–Kier alpha value is -2.75. The van der Waals surface area contributed by atoms with Gasteiger partial charge in [0.05, 0.1) is 7.11 Å². The summed E-state index contributed by atoms with van der Waals surface area (Å²) in [5, 5.41) is 0. The molecular weight excluding hydrogens is 337 g/mol. The summed E-state index contributed by atoms with van der Waals surface area (Å²) in [6.07, 6.45) is 0.976. The van der Waals surface area contributed by atoms with E-state index in [-0.39, 0.29) is 5.82 Å². The average molecular weight is 356 g/mol. The van der Waals surface area contributed by atoms with Gasteiger partial charge in [-0.1, -0.05) is 36.4 Å². The van der Waals surface area contributed by atoms with Gasteiger partial charge in [-0.25, -0.2) is 13.2 Å². The first-order valence-corrected chi connectivity index (χ1v) is 8.36. The van der Waals surface area contributed by atoms with Crippen LogP contribution in [0.5, 0.6) is 5.75 Å². The molecule has 0 aliphatic rings. The fraction of sp³-hybridized carbons (Fsp3) is 0.182. The van der Waals surface area contributed by atoms with Crippen LogP contribution >= 0.6 is 0 Å². The second-order valence-electron chi connectivity index (χ2n) is 6.21. The molecule has 0 atom stereocenters. The van der Waals surface area contributed by atoms with E-state index in [1.165, 1.54) is 13.2 Å². The predicted octanol–water partition coefficient (Wildman–Crippen LogP) is 5.87. The van der Waals surface area contributed by atoms with Crippen LogP contribution in [0.15, 0.2) is 54.6 Å². The summed E-state index contributed by atoms with van der Waals surface area (Å²) in [4.78, 5) is 0. The summed E-state index contributed by atoms with van der Waals surface area (Å²) in [5.41, 5.74) is 2.88. The molecule has 3 aromatic carbocycles. The van der Waals surface area contributed by atoms with Crippen molar-refractivity contribution in [1.29, 1.82) is 0 Å². The van der Waals surface area contributed by atoms with Crippen LogP contribution in [0, 0.1) is 24.4 Å². The lowest BCUT2D eigenvalue weighted by Crippen LogP contribution is -1.99. The van der Waals surface area contributed by atoms with Crippen molar-refractivity contribution in [3.05, 3.63) is 88.7 Å². The molecule has 3 aromatic rings. The maximum Gasteiger partial charge on any atom is 0.162 e. The van der Waals surface area contributed by atoms with Gasteiger partial charge in [-0.05, 0) is 54.2 Å². The van der Waals surface area contributed by atoms with Crippen LogP contribution in [-0.2, 0) is 12.8 Å². The molecule has 0 unspecified atom stereocenters. The summed E-state index contributed by atoms with van der Waals surface area (Å²) in [5.74, 6) is -1.45. The normalized spacial score (nSPS) is 10.8. The first kappa shape index (κ1) is 18.1. The first-order valence-electron chi connectivity index (χ1n) is 8.36. The smallest absolute Gasteiger partial charge is 0.162 e. The molecule has 0 saturated heterocycles. The van der Waals surface area contributed by atoms with E-state index in [1.807, 2.05) is 24.3 Å². The molecule has 0 aliphatic carbocycles. The standard InChI is InChI=1S/C22H19F3O/c1-14-3-7-17(22(25)21(14)24)10-6-15-4-8-16(9-5-15)19-12-11-18(26-2)13-20(19)23/h3-5,7-9,11-13H,6,10H2,1-2H3. The molecule has 0 aliphatic heterocycles. The molecule has 0 spiro atoms. The first-order chi connectivity index (χ1) is 12.5. The highest BCUT2D eigenvalue weighted by Gasteiger charge is 2.11. The minimum atomic E-state index is -0.784. The Labute approximate surface area is 151 Å². The summed E-state index contributed by atoms with van der Waals surface area (Å²) in [6.45, 7) is 1.54. The molecule has 134 valence electrons. The van der Waals surface area contributed by atoms with Crippen molar-refractivity contribution >= 4 is 0 Å². The number of aryl methyl sites for hydroxylation is 3. The van der Waals surface area contributed by atoms with E-state index < -0.39 is 11.6 Å². The van der Waals surface area contributed by atoms with Gasteiger partial charge in [0.25, 0.3) is 0 Å². The van der Waals surface area contributed by atoms with Crippen molar-refractivity contribution in [2.75, 3.05) is 7.11 Å². The minimum absolute atomic E-state index is 0.303. The molecule has 26 heavy (non-hydrogen) atoms. The molecule has 4 heteroatoms. The number of ether oxygens (including phenoxy) is 1. The van der Waals surface area contributed by atoms with E-state index in [0.717, 1.165) is 11.1 Å². The lowest BCUT2D eigenvalue weighted by Gasteiger charge is -2.08. The second-order valence-corrected chi connectivity index (χ2v) is 6.21. The van der Waals surface area contributed by atoms with Gasteiger partial charge in [0.1, 0.15) is 11.6 Å². The maximum absolute atomic E-state index is 14.2. The largest absolute Gasteiger partial charge is 0.497 e. The highest BCUT2D eigenvalue weighted by molar-refractivity contribution is 5.65. The zero-order chi connectivity index (χ0) is 18.7. The van der Waals surface area contributed by atoms with Gasteiger partial charge in [-0.3, -0.25) is 0 Å². The highest BCUT2D eigenvalue weighted by Crippen LogP contribution is 2.27. The molecule has 0 heterocycles. The third-order valence-corrected chi connectivity index (χ3v) is 4.48. The van der Waals surface area contributed by atoms with E-state index in [2.05, 4.69) is 0 Å². The van der Waals surface area contributed by atoms with Crippen LogP contribution in [0.3, 0.4) is 0 Å². The van der Waals surface area contributed by atoms with Crippen molar-refractivity contribution in [3.63, 3.8) is 0 Å². The maximum atomic E-state index is 14.2. The Bertz CT molecular complexity index is 917. The number of methoxy groups -OCH3 is 1. The van der Waals surface area contributed by atoms with Crippen molar-refractivity contribution in [2.45, 2.75) is 19.8 Å². The molecule has 1 nitrogen and oxygen atoms in total. The fourth-order valence-corrected chi connectivity index (χ4v) is 2.87. The number of rotatable bonds is 5. The van der Waals surface area contributed by atoms with Gasteiger partial charge < -0.3 is 4.74 Å². The zero-order valence-electron chi connectivity index (χ0n) is 14.7. The lowest BCUT2D eigenvalue weighted by atomic mass is 9.99. The predicted molar refractivity (Wildman–Crippen MR) is 96.9 cm³/mol. The molecule has 0 bridgehead atoms. The Morgan fingerprint density at radius 3 is 2.19 bits per heavy atom. The van der Waals surface area contributed by atoms with Crippen LogP contribution in [0.2, 0.25) is 0 Å². The third-order valence-electron chi connectivity index (χ3n) is 4.48. The number of hydrogen-bond acceptors (Lipinski definition) is 1. The SMILES string of the molecule is COc1ccc(-c2ccc(CCc3ccc(C)c(F)c3F)cc2)c(F)c1. The van der Waals surface area contributed by atoms with Crippen LogP contribution in [-0.4, -0.2) is 7.11 Å². The van der Waals surface area contributed by atoms with Gasteiger partial charge in [-0.15, -0.1) is 0 Å². The van der Waals surface area contributed by atoms with Gasteiger partial charge in [0.2, 0.25) is 0 Å². The van der Waals surface area contributed by atoms with Gasteiger partial charge in [0.15, 0.2) is 11.6 Å². The van der Waals surface area contributed by atoms with Crippen molar-refractivity contribution in [1.82, 2.24) is 0 Å². The van der Waals surface area contributed by atoms with E-state index in [4.69, 9.17) is 4.74 Å². The molecular formula is C22H19F3O. The minimum Gasteiger partial charge on any atom is -0.497 e. The molecule has 0 radical (unpaired) electrons. The second kappa shape index (κ2) is 7.65. The summed E-state index contributed by atoms with van der Waals surface area (Å²) >= 11 is 0. The number of halogens is 3. The quantitative estimate of drug-likeness (QED) is 0.555. The Morgan fingerprint density at radius 2 is 1.54 bits per heavy atom. The van der Waals surface area contributed by atoms with E-state index in [9.17, 15) is 13.2 Å². The monoisotopic (exact) mass is 356 g/mol. The highest BCUT2D eigenvalue weighted by atomic mass is 19.2. The molecule has 3 rings (SSSR count). The molecule has 0 aromatic heterocycles. The molecule has 0 amide bonds. The molecule has 0 N–H and O–H groups in total. The Morgan fingerprint density at radius 1 is 0.808 bits per heavy atom. The van der Waals surface area contributed by atoms with Crippen LogP contribution in [0.1, 0.15) is 16.7 Å². The zero-order valence-corrected chi connectivity index (χ0v) is 14.7. The fourth-order valence-electron chi connectivity index (χ4n) is 2.87. The van der Waals surface area contributed by atoms with Crippen LogP contribution < -0.4 is 4.74 Å². The van der Waals surface area contributed by atoms with Gasteiger partial charge >= 0.3 is 0 Å². The van der Waals surface area contributed by atoms with E-state index in [1.54, 1.807) is 31.2 Å². The van der Waals surface area contributed by atoms with Crippen molar-refractivity contribution in [2.24, 2.45) is 0 Å². The average Bonchev–Trinajstić information content (AvgIpc) is 2.66. The van der Waals surface area contributed by atoms with Crippen LogP contribution in [0.25, 0.3) is 11.1 Å². The molecule has 0 saturated carbocycles. The van der Waals surface area contributed by atoms with Gasteiger partial charge in [0, 0.05) is 11.6 Å². The topological polar surface area (TPSA) is 9.23 Å². The number of hydrogen-bond donors (Lipinski definition) is 0. The molecule has 0 fully saturated rings. The van der Waals surface area contributed by atoms with E-state index >= 15 is 0 Å². The van der Waals surface area contributed by atoms with E-state index in [0.29, 0.717) is 35.3 Å².